The minimum Gasteiger partial charge on any atom is -0.263 e. The third-order valence-corrected chi connectivity index (χ3v) is 2.79. The number of rotatable bonds is 5. The van der Waals surface area contributed by atoms with Crippen molar-refractivity contribution in [3.8, 4) is 0 Å². The average molecular weight is 238 g/mol. The van der Waals surface area contributed by atoms with Gasteiger partial charge in [0.25, 0.3) is 0 Å². The zero-order chi connectivity index (χ0) is 13.1. The van der Waals surface area contributed by atoms with Crippen LogP contribution in [0.4, 0.5) is 0 Å². The standard InChI is InChI=1S/C14H14N4/c1-9(15-3)11-5-7-13(17-11)14-8-6-12(18-14)10(2)16-4/h5-6H,1-4,7-8H2. The molecule has 0 saturated heterocycles. The molecule has 2 aliphatic rings. The van der Waals surface area contributed by atoms with E-state index in [2.05, 4.69) is 46.6 Å². The largest absolute Gasteiger partial charge is 0.263 e. The average Bonchev–Trinajstić information content (AvgIpc) is 3.04. The molecule has 0 saturated carbocycles. The molecule has 4 nitrogen and oxygen atoms in total. The molecule has 0 aromatic carbocycles. The van der Waals surface area contributed by atoms with Crippen LogP contribution in [0.1, 0.15) is 12.8 Å². The number of hydrogen-bond donors (Lipinski definition) is 0. The van der Waals surface area contributed by atoms with Crippen LogP contribution in [-0.2, 0) is 0 Å². The Balaban J connectivity index is 2.14. The molecule has 4 heteroatoms. The lowest BCUT2D eigenvalue weighted by Crippen LogP contribution is -2.08. The van der Waals surface area contributed by atoms with Crippen molar-refractivity contribution in [3.05, 3.63) is 48.1 Å². The maximum atomic E-state index is 4.46. The number of hydrogen-bond acceptors (Lipinski definition) is 4. The van der Waals surface area contributed by atoms with Gasteiger partial charge in [-0.2, -0.15) is 0 Å². The molecule has 2 rings (SSSR count). The molecule has 0 aliphatic carbocycles. The molecule has 0 aromatic heterocycles. The van der Waals surface area contributed by atoms with Gasteiger partial charge in [0.1, 0.15) is 0 Å². The zero-order valence-electron chi connectivity index (χ0n) is 10.2. The van der Waals surface area contributed by atoms with Gasteiger partial charge in [0.05, 0.1) is 34.2 Å². The Morgan fingerprint density at radius 2 is 1.28 bits per heavy atom. The molecular weight excluding hydrogens is 224 g/mol. The van der Waals surface area contributed by atoms with Gasteiger partial charge in [0.2, 0.25) is 0 Å². The Hall–Kier alpha value is -2.36. The Morgan fingerprint density at radius 1 is 0.889 bits per heavy atom. The summed E-state index contributed by atoms with van der Waals surface area (Å²) in [5, 5.41) is 0. The SMILES string of the molecule is C=NC(=C)C1=CCC(C2=NC(C(=C)N=C)=CC2)=N1. The molecular formula is C14H14N4. The fraction of sp³-hybridized carbons (Fsp3) is 0.143. The first-order valence-corrected chi connectivity index (χ1v) is 5.53. The Bertz CT molecular complexity index is 519. The maximum Gasteiger partial charge on any atom is 0.0848 e. The van der Waals surface area contributed by atoms with Crippen LogP contribution >= 0.6 is 0 Å². The van der Waals surface area contributed by atoms with Crippen molar-refractivity contribution in [2.24, 2.45) is 20.0 Å². The van der Waals surface area contributed by atoms with Crippen molar-refractivity contribution in [3.63, 3.8) is 0 Å². The summed E-state index contributed by atoms with van der Waals surface area (Å²) in [5.41, 5.74) is 4.62. The molecule has 90 valence electrons. The second-order valence-electron chi connectivity index (χ2n) is 3.91. The van der Waals surface area contributed by atoms with Crippen LogP contribution in [0.3, 0.4) is 0 Å². The quantitative estimate of drug-likeness (QED) is 0.661. The van der Waals surface area contributed by atoms with Gasteiger partial charge in [-0.05, 0) is 13.4 Å². The van der Waals surface area contributed by atoms with Gasteiger partial charge in [-0.3, -0.25) is 9.98 Å². The molecule has 0 spiro atoms. The van der Waals surface area contributed by atoms with Crippen LogP contribution in [0, 0.1) is 0 Å². The summed E-state index contributed by atoms with van der Waals surface area (Å²) in [4.78, 5) is 16.5. The summed E-state index contributed by atoms with van der Waals surface area (Å²) >= 11 is 0. The van der Waals surface area contributed by atoms with Gasteiger partial charge >= 0.3 is 0 Å². The summed E-state index contributed by atoms with van der Waals surface area (Å²) in [6.07, 6.45) is 5.45. The summed E-state index contributed by atoms with van der Waals surface area (Å²) in [7, 11) is 0. The van der Waals surface area contributed by atoms with E-state index >= 15 is 0 Å². The highest BCUT2D eigenvalue weighted by molar-refractivity contribution is 6.44. The second kappa shape index (κ2) is 4.87. The van der Waals surface area contributed by atoms with Gasteiger partial charge in [0, 0.05) is 12.8 Å². The highest BCUT2D eigenvalue weighted by Crippen LogP contribution is 2.24. The lowest BCUT2D eigenvalue weighted by molar-refractivity contribution is 1.28. The molecule has 0 atom stereocenters. The molecule has 18 heavy (non-hydrogen) atoms. The maximum absolute atomic E-state index is 4.46. The highest BCUT2D eigenvalue weighted by Gasteiger charge is 2.19. The van der Waals surface area contributed by atoms with E-state index in [0.717, 1.165) is 35.7 Å². The first kappa shape index (κ1) is 12.1. The summed E-state index contributed by atoms with van der Waals surface area (Å²) in [6, 6.07) is 0. The van der Waals surface area contributed by atoms with Crippen molar-refractivity contribution in [2.45, 2.75) is 12.8 Å². The van der Waals surface area contributed by atoms with Crippen LogP contribution in [0.5, 0.6) is 0 Å². The first-order chi connectivity index (χ1) is 8.65. The molecule has 2 aliphatic heterocycles. The summed E-state index contributed by atoms with van der Waals surface area (Å²) in [5.74, 6) is 0. The van der Waals surface area contributed by atoms with E-state index in [-0.39, 0.29) is 0 Å². The monoisotopic (exact) mass is 238 g/mol. The van der Waals surface area contributed by atoms with Crippen molar-refractivity contribution < 1.29 is 0 Å². The van der Waals surface area contributed by atoms with Crippen LogP contribution in [0.2, 0.25) is 0 Å². The van der Waals surface area contributed by atoms with Crippen LogP contribution in [-0.4, -0.2) is 24.9 Å². The minimum absolute atomic E-state index is 0.592. The normalized spacial score (nSPS) is 17.6. The Kier molecular flexibility index (Phi) is 3.28. The molecule has 0 N–H and O–H groups in total. The molecule has 2 heterocycles. The molecule has 0 bridgehead atoms. The molecule has 0 aromatic rings. The van der Waals surface area contributed by atoms with E-state index in [1.807, 2.05) is 12.2 Å². The Morgan fingerprint density at radius 3 is 1.61 bits per heavy atom. The van der Waals surface area contributed by atoms with Crippen LogP contribution < -0.4 is 0 Å². The van der Waals surface area contributed by atoms with E-state index in [1.54, 1.807) is 0 Å². The van der Waals surface area contributed by atoms with Crippen LogP contribution in [0.15, 0.2) is 68.1 Å². The summed E-state index contributed by atoms with van der Waals surface area (Å²) in [6.45, 7) is 14.4. The second-order valence-corrected chi connectivity index (χ2v) is 3.91. The number of nitrogens with zero attached hydrogens (tertiary/aromatic N) is 4. The fourth-order valence-corrected chi connectivity index (χ4v) is 1.75. The first-order valence-electron chi connectivity index (χ1n) is 5.53. The molecule has 0 fully saturated rings. The third-order valence-electron chi connectivity index (χ3n) is 2.79. The third kappa shape index (κ3) is 2.18. The fourth-order valence-electron chi connectivity index (χ4n) is 1.75. The van der Waals surface area contributed by atoms with Gasteiger partial charge < -0.3 is 0 Å². The van der Waals surface area contributed by atoms with Gasteiger partial charge in [-0.25, -0.2) is 9.98 Å². The molecule has 0 unspecified atom stereocenters. The van der Waals surface area contributed by atoms with Crippen molar-refractivity contribution in [2.75, 3.05) is 0 Å². The molecule has 0 amide bonds. The van der Waals surface area contributed by atoms with Gasteiger partial charge in [0.15, 0.2) is 0 Å². The van der Waals surface area contributed by atoms with Crippen LogP contribution in [0.25, 0.3) is 0 Å². The highest BCUT2D eigenvalue weighted by atomic mass is 14.9. The predicted molar refractivity (Wildman–Crippen MR) is 77.6 cm³/mol. The van der Waals surface area contributed by atoms with Crippen molar-refractivity contribution in [1.29, 1.82) is 0 Å². The van der Waals surface area contributed by atoms with E-state index in [0.29, 0.717) is 11.4 Å². The lowest BCUT2D eigenvalue weighted by Gasteiger charge is -1.99. The van der Waals surface area contributed by atoms with Gasteiger partial charge in [-0.1, -0.05) is 25.3 Å². The van der Waals surface area contributed by atoms with E-state index in [9.17, 15) is 0 Å². The van der Waals surface area contributed by atoms with E-state index in [4.69, 9.17) is 0 Å². The lowest BCUT2D eigenvalue weighted by atomic mass is 10.1. The molecule has 0 radical (unpaired) electrons. The Labute approximate surface area is 106 Å². The van der Waals surface area contributed by atoms with E-state index < -0.39 is 0 Å². The number of allylic oxidation sites excluding steroid dienone is 2. The number of aliphatic imine (C=N–C) groups is 4. The van der Waals surface area contributed by atoms with E-state index in [1.165, 1.54) is 0 Å². The zero-order valence-corrected chi connectivity index (χ0v) is 10.2. The van der Waals surface area contributed by atoms with Crippen molar-refractivity contribution in [1.82, 2.24) is 0 Å². The van der Waals surface area contributed by atoms with Gasteiger partial charge in [-0.15, -0.1) is 0 Å². The summed E-state index contributed by atoms with van der Waals surface area (Å²) < 4.78 is 0. The predicted octanol–water partition coefficient (Wildman–Crippen LogP) is 2.87. The smallest absolute Gasteiger partial charge is 0.0848 e. The van der Waals surface area contributed by atoms with Crippen molar-refractivity contribution >= 4 is 24.9 Å². The minimum atomic E-state index is 0.592. The topological polar surface area (TPSA) is 49.4 Å².